The maximum atomic E-state index is 12.5. The standard InChI is InChI=1S/C18H20N2O4S/c1-10-11(2)25-18(13(10)9-19)20-15(21)8-12-6-7-14(22-3)17(24-5)16(12)23-4/h6-7H,8H2,1-5H3,(H,20,21). The average molecular weight is 360 g/mol. The molecule has 0 radical (unpaired) electrons. The zero-order valence-electron chi connectivity index (χ0n) is 14.9. The Labute approximate surface area is 150 Å². The van der Waals surface area contributed by atoms with Gasteiger partial charge in [0, 0.05) is 10.4 Å². The molecule has 0 atom stereocenters. The van der Waals surface area contributed by atoms with Gasteiger partial charge in [-0.2, -0.15) is 5.26 Å². The molecular formula is C18H20N2O4S. The highest BCUT2D eigenvalue weighted by molar-refractivity contribution is 7.16. The van der Waals surface area contributed by atoms with Crippen LogP contribution in [0.5, 0.6) is 17.2 Å². The van der Waals surface area contributed by atoms with Crippen LogP contribution in [0.2, 0.25) is 0 Å². The summed E-state index contributed by atoms with van der Waals surface area (Å²) in [7, 11) is 4.56. The molecule has 2 rings (SSSR count). The van der Waals surface area contributed by atoms with Crippen LogP contribution in [0.15, 0.2) is 12.1 Å². The van der Waals surface area contributed by atoms with E-state index in [1.807, 2.05) is 13.8 Å². The summed E-state index contributed by atoms with van der Waals surface area (Å²) >= 11 is 1.40. The lowest BCUT2D eigenvalue weighted by molar-refractivity contribution is -0.115. The van der Waals surface area contributed by atoms with Gasteiger partial charge in [-0.3, -0.25) is 4.79 Å². The molecular weight excluding hydrogens is 340 g/mol. The van der Waals surface area contributed by atoms with Crippen LogP contribution < -0.4 is 19.5 Å². The minimum Gasteiger partial charge on any atom is -0.493 e. The number of amides is 1. The number of nitriles is 1. The quantitative estimate of drug-likeness (QED) is 0.853. The van der Waals surface area contributed by atoms with E-state index in [1.54, 1.807) is 12.1 Å². The highest BCUT2D eigenvalue weighted by Gasteiger charge is 2.19. The molecule has 1 heterocycles. The molecule has 6 nitrogen and oxygen atoms in total. The molecule has 1 aromatic carbocycles. The minimum absolute atomic E-state index is 0.0877. The predicted octanol–water partition coefficient (Wildman–Crippen LogP) is 3.44. The molecule has 0 unspecified atom stereocenters. The topological polar surface area (TPSA) is 80.6 Å². The second-order valence-electron chi connectivity index (χ2n) is 5.32. The van der Waals surface area contributed by atoms with E-state index in [9.17, 15) is 10.1 Å². The van der Waals surface area contributed by atoms with Crippen molar-refractivity contribution in [3.8, 4) is 23.3 Å². The highest BCUT2D eigenvalue weighted by Crippen LogP contribution is 2.40. The Morgan fingerprint density at radius 2 is 1.84 bits per heavy atom. The van der Waals surface area contributed by atoms with Crippen LogP contribution >= 0.6 is 11.3 Å². The molecule has 25 heavy (non-hydrogen) atoms. The van der Waals surface area contributed by atoms with Crippen LogP contribution in [0.25, 0.3) is 0 Å². The van der Waals surface area contributed by atoms with Crippen molar-refractivity contribution in [1.82, 2.24) is 0 Å². The number of anilines is 1. The SMILES string of the molecule is COc1ccc(CC(=O)Nc2sc(C)c(C)c2C#N)c(OC)c1OC. The van der Waals surface area contributed by atoms with Gasteiger partial charge >= 0.3 is 0 Å². The maximum Gasteiger partial charge on any atom is 0.229 e. The van der Waals surface area contributed by atoms with Gasteiger partial charge in [0.1, 0.15) is 11.1 Å². The molecule has 1 aromatic heterocycles. The van der Waals surface area contributed by atoms with Crippen molar-refractivity contribution in [2.75, 3.05) is 26.6 Å². The van der Waals surface area contributed by atoms with Gasteiger partial charge in [0.2, 0.25) is 11.7 Å². The van der Waals surface area contributed by atoms with E-state index in [1.165, 1.54) is 32.7 Å². The molecule has 0 aliphatic heterocycles. The predicted molar refractivity (Wildman–Crippen MR) is 96.9 cm³/mol. The monoisotopic (exact) mass is 360 g/mol. The Kier molecular flexibility index (Phi) is 5.88. The summed E-state index contributed by atoms with van der Waals surface area (Å²) in [4.78, 5) is 13.5. The number of benzene rings is 1. The van der Waals surface area contributed by atoms with Gasteiger partial charge in [0.05, 0.1) is 33.3 Å². The van der Waals surface area contributed by atoms with E-state index in [0.29, 0.717) is 33.4 Å². The molecule has 0 aliphatic rings. The van der Waals surface area contributed by atoms with E-state index in [0.717, 1.165) is 10.4 Å². The summed E-state index contributed by atoms with van der Waals surface area (Å²) in [6.45, 7) is 3.80. The molecule has 1 N–H and O–H groups in total. The first-order valence-electron chi connectivity index (χ1n) is 7.54. The smallest absolute Gasteiger partial charge is 0.229 e. The number of carbonyl (C=O) groups excluding carboxylic acids is 1. The van der Waals surface area contributed by atoms with Crippen molar-refractivity contribution >= 4 is 22.2 Å². The second kappa shape index (κ2) is 7.90. The van der Waals surface area contributed by atoms with Gasteiger partial charge in [-0.05, 0) is 25.5 Å². The minimum atomic E-state index is -0.233. The van der Waals surface area contributed by atoms with Crippen molar-refractivity contribution in [1.29, 1.82) is 5.26 Å². The van der Waals surface area contributed by atoms with Crippen molar-refractivity contribution in [2.24, 2.45) is 0 Å². The lowest BCUT2D eigenvalue weighted by Gasteiger charge is -2.15. The number of hydrogen-bond donors (Lipinski definition) is 1. The van der Waals surface area contributed by atoms with Crippen LogP contribution in [-0.2, 0) is 11.2 Å². The van der Waals surface area contributed by atoms with E-state index in [4.69, 9.17) is 14.2 Å². The number of thiophene rings is 1. The zero-order valence-corrected chi connectivity index (χ0v) is 15.7. The average Bonchev–Trinajstić information content (AvgIpc) is 2.87. The Hall–Kier alpha value is -2.72. The molecule has 1 amide bonds. The largest absolute Gasteiger partial charge is 0.493 e. The number of carbonyl (C=O) groups is 1. The van der Waals surface area contributed by atoms with Crippen molar-refractivity contribution in [3.05, 3.63) is 33.7 Å². The molecule has 132 valence electrons. The highest BCUT2D eigenvalue weighted by atomic mass is 32.1. The van der Waals surface area contributed by atoms with E-state index in [2.05, 4.69) is 11.4 Å². The molecule has 0 bridgehead atoms. The normalized spacial score (nSPS) is 10.1. The maximum absolute atomic E-state index is 12.5. The van der Waals surface area contributed by atoms with Gasteiger partial charge in [-0.1, -0.05) is 6.07 Å². The molecule has 0 saturated carbocycles. The zero-order chi connectivity index (χ0) is 18.6. The van der Waals surface area contributed by atoms with Crippen LogP contribution in [0.4, 0.5) is 5.00 Å². The fourth-order valence-corrected chi connectivity index (χ4v) is 3.52. The van der Waals surface area contributed by atoms with E-state index < -0.39 is 0 Å². The Bertz CT molecular complexity index is 837. The summed E-state index contributed by atoms with van der Waals surface area (Å²) in [5, 5.41) is 12.7. The van der Waals surface area contributed by atoms with E-state index >= 15 is 0 Å². The third kappa shape index (κ3) is 3.69. The van der Waals surface area contributed by atoms with Crippen LogP contribution in [0.3, 0.4) is 0 Å². The summed E-state index contributed by atoms with van der Waals surface area (Å²) in [6.07, 6.45) is 0.0877. The first-order valence-corrected chi connectivity index (χ1v) is 8.36. The third-order valence-corrected chi connectivity index (χ3v) is 5.01. The molecule has 0 spiro atoms. The summed E-state index contributed by atoms with van der Waals surface area (Å²) in [6, 6.07) is 5.63. The fourth-order valence-electron chi connectivity index (χ4n) is 2.50. The van der Waals surface area contributed by atoms with Crippen molar-refractivity contribution < 1.29 is 19.0 Å². The van der Waals surface area contributed by atoms with Crippen LogP contribution in [0, 0.1) is 25.2 Å². The lowest BCUT2D eigenvalue weighted by Crippen LogP contribution is -2.15. The Morgan fingerprint density at radius 3 is 2.40 bits per heavy atom. The molecule has 0 fully saturated rings. The number of aryl methyl sites for hydroxylation is 1. The number of nitrogens with one attached hydrogen (secondary N) is 1. The van der Waals surface area contributed by atoms with Crippen LogP contribution in [-0.4, -0.2) is 27.2 Å². The number of rotatable bonds is 6. The van der Waals surface area contributed by atoms with Crippen molar-refractivity contribution in [3.63, 3.8) is 0 Å². The molecule has 0 aliphatic carbocycles. The van der Waals surface area contributed by atoms with Gasteiger partial charge in [-0.25, -0.2) is 0 Å². The van der Waals surface area contributed by atoms with Gasteiger partial charge in [-0.15, -0.1) is 11.3 Å². The summed E-state index contributed by atoms with van der Waals surface area (Å²) in [5.41, 5.74) is 2.07. The second-order valence-corrected chi connectivity index (χ2v) is 6.54. The Morgan fingerprint density at radius 1 is 1.16 bits per heavy atom. The van der Waals surface area contributed by atoms with Crippen LogP contribution in [0.1, 0.15) is 21.6 Å². The van der Waals surface area contributed by atoms with Gasteiger partial charge < -0.3 is 19.5 Å². The number of ether oxygens (including phenoxy) is 3. The fraction of sp³-hybridized carbons (Fsp3) is 0.333. The summed E-state index contributed by atoms with van der Waals surface area (Å²) in [5.74, 6) is 1.19. The number of nitrogens with zero attached hydrogens (tertiary/aromatic N) is 1. The Balaban J connectivity index is 2.27. The van der Waals surface area contributed by atoms with E-state index in [-0.39, 0.29) is 12.3 Å². The number of methoxy groups -OCH3 is 3. The molecule has 0 saturated heterocycles. The lowest BCUT2D eigenvalue weighted by atomic mass is 10.1. The molecule has 2 aromatic rings. The van der Waals surface area contributed by atoms with Crippen molar-refractivity contribution in [2.45, 2.75) is 20.3 Å². The number of hydrogen-bond acceptors (Lipinski definition) is 6. The third-order valence-electron chi connectivity index (χ3n) is 3.89. The first-order chi connectivity index (χ1) is 12.0. The van der Waals surface area contributed by atoms with Gasteiger partial charge in [0.15, 0.2) is 11.5 Å². The first kappa shape index (κ1) is 18.6. The molecule has 7 heteroatoms. The van der Waals surface area contributed by atoms with Gasteiger partial charge in [0.25, 0.3) is 0 Å². The summed E-state index contributed by atoms with van der Waals surface area (Å²) < 4.78 is 16.0.